The van der Waals surface area contributed by atoms with Crippen molar-refractivity contribution in [2.75, 3.05) is 12.8 Å². The number of nitrogen functional groups attached to an aromatic ring is 1. The monoisotopic (exact) mass is 262 g/mol. The van der Waals surface area contributed by atoms with Crippen molar-refractivity contribution in [1.82, 2.24) is 4.90 Å². The second-order valence-electron chi connectivity index (χ2n) is 4.62. The van der Waals surface area contributed by atoms with E-state index in [1.165, 1.54) is 18.2 Å². The van der Waals surface area contributed by atoms with E-state index in [9.17, 15) is 8.78 Å². The summed E-state index contributed by atoms with van der Waals surface area (Å²) in [5, 5.41) is 0. The lowest BCUT2D eigenvalue weighted by Gasteiger charge is -2.17. The van der Waals surface area contributed by atoms with Gasteiger partial charge in [-0.1, -0.05) is 24.3 Å². The third kappa shape index (κ3) is 3.51. The third-order valence-electron chi connectivity index (χ3n) is 2.89. The van der Waals surface area contributed by atoms with Gasteiger partial charge in [-0.05, 0) is 30.8 Å². The molecule has 2 rings (SSSR count). The molecule has 2 aromatic rings. The molecular weight excluding hydrogens is 246 g/mol. The van der Waals surface area contributed by atoms with Crippen molar-refractivity contribution in [2.24, 2.45) is 0 Å². The molecule has 0 bridgehead atoms. The van der Waals surface area contributed by atoms with Crippen molar-refractivity contribution in [3.8, 4) is 0 Å². The fourth-order valence-electron chi connectivity index (χ4n) is 2.02. The number of anilines is 1. The standard InChI is InChI=1S/C15H16F2N2/c1-19(9-11-4-2-6-13(16)8-11)10-12-5-3-7-14(18)15(12)17/h2-8H,9-10,18H2,1H3. The van der Waals surface area contributed by atoms with Gasteiger partial charge in [0.15, 0.2) is 5.82 Å². The van der Waals surface area contributed by atoms with Crippen LogP contribution in [0.4, 0.5) is 14.5 Å². The summed E-state index contributed by atoms with van der Waals surface area (Å²) >= 11 is 0. The van der Waals surface area contributed by atoms with Crippen LogP contribution in [0.25, 0.3) is 0 Å². The van der Waals surface area contributed by atoms with Gasteiger partial charge in [-0.25, -0.2) is 8.78 Å². The Balaban J connectivity index is 2.05. The highest BCUT2D eigenvalue weighted by Gasteiger charge is 2.08. The van der Waals surface area contributed by atoms with Crippen LogP contribution in [0.2, 0.25) is 0 Å². The van der Waals surface area contributed by atoms with Gasteiger partial charge in [0.05, 0.1) is 5.69 Å². The van der Waals surface area contributed by atoms with Crippen LogP contribution in [-0.4, -0.2) is 11.9 Å². The van der Waals surface area contributed by atoms with Gasteiger partial charge in [0.25, 0.3) is 0 Å². The maximum Gasteiger partial charge on any atom is 0.150 e. The summed E-state index contributed by atoms with van der Waals surface area (Å²) in [6.07, 6.45) is 0. The first-order chi connectivity index (χ1) is 9.06. The van der Waals surface area contributed by atoms with Gasteiger partial charge >= 0.3 is 0 Å². The third-order valence-corrected chi connectivity index (χ3v) is 2.89. The summed E-state index contributed by atoms with van der Waals surface area (Å²) in [5.74, 6) is -0.644. The summed E-state index contributed by atoms with van der Waals surface area (Å²) in [5.41, 5.74) is 7.07. The van der Waals surface area contributed by atoms with Crippen molar-refractivity contribution >= 4 is 5.69 Å². The van der Waals surface area contributed by atoms with Crippen LogP contribution in [0, 0.1) is 11.6 Å². The molecule has 0 spiro atoms. The molecule has 2 aromatic carbocycles. The minimum absolute atomic E-state index is 0.150. The zero-order valence-corrected chi connectivity index (χ0v) is 10.7. The second kappa shape index (κ2) is 5.80. The van der Waals surface area contributed by atoms with Crippen LogP contribution in [-0.2, 0) is 13.1 Å². The Morgan fingerprint density at radius 2 is 1.79 bits per heavy atom. The average molecular weight is 262 g/mol. The summed E-state index contributed by atoms with van der Waals surface area (Å²) in [6.45, 7) is 0.972. The molecule has 0 amide bonds. The Bertz CT molecular complexity index is 570. The van der Waals surface area contributed by atoms with E-state index in [-0.39, 0.29) is 17.3 Å². The first-order valence-electron chi connectivity index (χ1n) is 6.02. The molecule has 0 heterocycles. The number of hydrogen-bond acceptors (Lipinski definition) is 2. The number of hydrogen-bond donors (Lipinski definition) is 1. The molecule has 0 atom stereocenters. The second-order valence-corrected chi connectivity index (χ2v) is 4.62. The highest BCUT2D eigenvalue weighted by Crippen LogP contribution is 2.17. The Labute approximate surface area is 111 Å². The lowest BCUT2D eigenvalue weighted by Crippen LogP contribution is -2.18. The Kier molecular flexibility index (Phi) is 4.12. The Hall–Kier alpha value is -1.94. The normalized spacial score (nSPS) is 10.9. The van der Waals surface area contributed by atoms with E-state index in [0.29, 0.717) is 18.7 Å². The van der Waals surface area contributed by atoms with Crippen molar-refractivity contribution in [3.05, 3.63) is 65.2 Å². The van der Waals surface area contributed by atoms with Crippen LogP contribution in [0.15, 0.2) is 42.5 Å². The van der Waals surface area contributed by atoms with Crippen molar-refractivity contribution in [1.29, 1.82) is 0 Å². The van der Waals surface area contributed by atoms with Gasteiger partial charge in [-0.2, -0.15) is 0 Å². The molecule has 0 unspecified atom stereocenters. The largest absolute Gasteiger partial charge is 0.396 e. The smallest absolute Gasteiger partial charge is 0.150 e. The molecule has 0 saturated heterocycles. The Morgan fingerprint density at radius 3 is 2.53 bits per heavy atom. The zero-order valence-electron chi connectivity index (χ0n) is 10.7. The highest BCUT2D eigenvalue weighted by molar-refractivity contribution is 5.42. The summed E-state index contributed by atoms with van der Waals surface area (Å²) < 4.78 is 26.8. The minimum atomic E-state index is -0.381. The number of halogens is 2. The molecular formula is C15H16F2N2. The average Bonchev–Trinajstić information content (AvgIpc) is 2.35. The van der Waals surface area contributed by atoms with Crippen molar-refractivity contribution in [2.45, 2.75) is 13.1 Å². The molecule has 19 heavy (non-hydrogen) atoms. The van der Waals surface area contributed by atoms with E-state index in [1.807, 2.05) is 18.0 Å². The summed E-state index contributed by atoms with van der Waals surface area (Å²) in [7, 11) is 1.85. The molecule has 0 aliphatic heterocycles. The van der Waals surface area contributed by atoms with E-state index in [1.54, 1.807) is 18.2 Å². The molecule has 0 radical (unpaired) electrons. The van der Waals surface area contributed by atoms with Gasteiger partial charge < -0.3 is 5.73 Å². The number of benzene rings is 2. The van der Waals surface area contributed by atoms with Crippen LogP contribution >= 0.6 is 0 Å². The zero-order chi connectivity index (χ0) is 13.8. The van der Waals surface area contributed by atoms with E-state index < -0.39 is 0 Å². The van der Waals surface area contributed by atoms with Gasteiger partial charge in [0.2, 0.25) is 0 Å². The molecule has 0 aliphatic rings. The molecule has 2 nitrogen and oxygen atoms in total. The number of rotatable bonds is 4. The minimum Gasteiger partial charge on any atom is -0.396 e. The molecule has 0 fully saturated rings. The molecule has 2 N–H and O–H groups in total. The van der Waals surface area contributed by atoms with Gasteiger partial charge in [-0.3, -0.25) is 4.90 Å². The lowest BCUT2D eigenvalue weighted by atomic mass is 10.1. The highest BCUT2D eigenvalue weighted by atomic mass is 19.1. The van der Waals surface area contributed by atoms with Crippen LogP contribution in [0.5, 0.6) is 0 Å². The van der Waals surface area contributed by atoms with E-state index >= 15 is 0 Å². The van der Waals surface area contributed by atoms with Gasteiger partial charge in [-0.15, -0.1) is 0 Å². The summed E-state index contributed by atoms with van der Waals surface area (Å²) in [6, 6.07) is 11.4. The number of nitrogens with zero attached hydrogens (tertiary/aromatic N) is 1. The van der Waals surface area contributed by atoms with E-state index in [0.717, 1.165) is 5.56 Å². The maximum atomic E-state index is 13.8. The Morgan fingerprint density at radius 1 is 1.05 bits per heavy atom. The van der Waals surface area contributed by atoms with Gasteiger partial charge in [0.1, 0.15) is 5.82 Å². The molecule has 0 aromatic heterocycles. The van der Waals surface area contributed by atoms with Crippen molar-refractivity contribution in [3.63, 3.8) is 0 Å². The quantitative estimate of drug-likeness (QED) is 0.857. The summed E-state index contributed by atoms with van der Waals surface area (Å²) in [4.78, 5) is 1.91. The van der Waals surface area contributed by atoms with Gasteiger partial charge in [0, 0.05) is 18.7 Å². The molecule has 0 aliphatic carbocycles. The fourth-order valence-corrected chi connectivity index (χ4v) is 2.02. The van der Waals surface area contributed by atoms with E-state index in [4.69, 9.17) is 5.73 Å². The van der Waals surface area contributed by atoms with Crippen LogP contribution in [0.1, 0.15) is 11.1 Å². The molecule has 100 valence electrons. The predicted molar refractivity (Wildman–Crippen MR) is 72.4 cm³/mol. The van der Waals surface area contributed by atoms with Crippen molar-refractivity contribution < 1.29 is 8.78 Å². The van der Waals surface area contributed by atoms with Crippen LogP contribution in [0.3, 0.4) is 0 Å². The maximum absolute atomic E-state index is 13.8. The SMILES string of the molecule is CN(Cc1cccc(F)c1)Cc1cccc(N)c1F. The van der Waals surface area contributed by atoms with E-state index in [2.05, 4.69) is 0 Å². The lowest BCUT2D eigenvalue weighted by molar-refractivity contribution is 0.313. The topological polar surface area (TPSA) is 29.3 Å². The number of nitrogens with two attached hydrogens (primary N) is 1. The first-order valence-corrected chi connectivity index (χ1v) is 6.02. The predicted octanol–water partition coefficient (Wildman–Crippen LogP) is 3.18. The fraction of sp³-hybridized carbons (Fsp3) is 0.200. The molecule has 4 heteroatoms. The first kappa shape index (κ1) is 13.5. The van der Waals surface area contributed by atoms with Crippen LogP contribution < -0.4 is 5.73 Å². The molecule has 0 saturated carbocycles.